The summed E-state index contributed by atoms with van der Waals surface area (Å²) in [5, 5.41) is 0.955. The monoisotopic (exact) mass is 145 g/mol. The van der Waals surface area contributed by atoms with Crippen LogP contribution >= 0.6 is 0 Å². The summed E-state index contributed by atoms with van der Waals surface area (Å²) in [6.07, 6.45) is -6.71. The molecule has 0 unspecified atom stereocenters. The second-order valence-corrected chi connectivity index (χ2v) is 1.24. The van der Waals surface area contributed by atoms with Crippen molar-refractivity contribution in [3.8, 4) is 0 Å². The van der Waals surface area contributed by atoms with Gasteiger partial charge in [-0.15, -0.1) is 4.39 Å². The molecule has 0 aromatic heterocycles. The standard InChI is InChI=1S/C3H3F4NO/c4-2(9)8-1-3(5,6)7/h1H2,(H,8,9). The van der Waals surface area contributed by atoms with Crippen LogP contribution in [0.25, 0.3) is 0 Å². The first kappa shape index (κ1) is 8.19. The molecular weight excluding hydrogens is 142 g/mol. The lowest BCUT2D eigenvalue weighted by Crippen LogP contribution is -2.30. The van der Waals surface area contributed by atoms with E-state index < -0.39 is 18.9 Å². The van der Waals surface area contributed by atoms with E-state index in [2.05, 4.69) is 0 Å². The Morgan fingerprint density at radius 2 is 1.89 bits per heavy atom. The Labute approximate surface area is 47.8 Å². The molecule has 0 aromatic rings. The third-order valence-corrected chi connectivity index (χ3v) is 0.428. The van der Waals surface area contributed by atoms with E-state index in [1.54, 1.807) is 0 Å². The van der Waals surface area contributed by atoms with Gasteiger partial charge in [0.05, 0.1) is 0 Å². The number of hydrogen-bond acceptors (Lipinski definition) is 1. The van der Waals surface area contributed by atoms with Crippen LogP contribution in [0.2, 0.25) is 0 Å². The van der Waals surface area contributed by atoms with Gasteiger partial charge in [0, 0.05) is 0 Å². The van der Waals surface area contributed by atoms with Crippen molar-refractivity contribution in [1.29, 1.82) is 0 Å². The van der Waals surface area contributed by atoms with Gasteiger partial charge in [-0.05, 0) is 0 Å². The molecule has 2 nitrogen and oxygen atoms in total. The molecule has 0 rings (SSSR count). The van der Waals surface area contributed by atoms with Crippen LogP contribution in [0.3, 0.4) is 0 Å². The fourth-order valence-electron chi connectivity index (χ4n) is 0.170. The summed E-state index contributed by atoms with van der Waals surface area (Å²) in [5.41, 5.74) is 0. The van der Waals surface area contributed by atoms with Crippen molar-refractivity contribution in [1.82, 2.24) is 5.32 Å². The highest BCUT2D eigenvalue weighted by molar-refractivity contribution is 5.65. The second-order valence-electron chi connectivity index (χ2n) is 1.24. The van der Waals surface area contributed by atoms with Gasteiger partial charge < -0.3 is 5.32 Å². The third kappa shape index (κ3) is 7.19. The van der Waals surface area contributed by atoms with Gasteiger partial charge in [-0.1, -0.05) is 0 Å². The van der Waals surface area contributed by atoms with E-state index in [0.717, 1.165) is 5.32 Å². The molecule has 0 fully saturated rings. The minimum atomic E-state index is -4.54. The first-order valence-electron chi connectivity index (χ1n) is 1.92. The first-order valence-corrected chi connectivity index (χ1v) is 1.92. The Hall–Kier alpha value is -0.810. The molecular formula is C3H3F4NO. The fraction of sp³-hybridized carbons (Fsp3) is 0.667. The number of hydrogen-bond donors (Lipinski definition) is 1. The summed E-state index contributed by atoms with van der Waals surface area (Å²) in [7, 11) is 0. The van der Waals surface area contributed by atoms with Crippen LogP contribution < -0.4 is 5.32 Å². The number of nitrogens with one attached hydrogen (secondary N) is 1. The summed E-state index contributed by atoms with van der Waals surface area (Å²) in [6, 6.07) is 0. The lowest BCUT2D eigenvalue weighted by molar-refractivity contribution is -0.123. The Morgan fingerprint density at radius 1 is 1.44 bits per heavy atom. The van der Waals surface area contributed by atoms with Crippen molar-refractivity contribution in [2.45, 2.75) is 6.18 Å². The van der Waals surface area contributed by atoms with Crippen LogP contribution in [-0.2, 0) is 0 Å². The number of alkyl halides is 3. The summed E-state index contributed by atoms with van der Waals surface area (Å²) < 4.78 is 44.1. The van der Waals surface area contributed by atoms with Crippen molar-refractivity contribution < 1.29 is 22.4 Å². The molecule has 0 heterocycles. The van der Waals surface area contributed by atoms with Crippen LogP contribution in [0.5, 0.6) is 0 Å². The molecule has 0 saturated carbocycles. The van der Waals surface area contributed by atoms with E-state index >= 15 is 0 Å². The molecule has 54 valence electrons. The van der Waals surface area contributed by atoms with E-state index in [1.165, 1.54) is 0 Å². The fourth-order valence-corrected chi connectivity index (χ4v) is 0.170. The van der Waals surface area contributed by atoms with E-state index in [-0.39, 0.29) is 0 Å². The average Bonchev–Trinajstić information content (AvgIpc) is 1.59. The number of halogens is 4. The molecule has 0 aromatic carbocycles. The van der Waals surface area contributed by atoms with E-state index in [4.69, 9.17) is 0 Å². The largest absolute Gasteiger partial charge is 0.405 e. The highest BCUT2D eigenvalue weighted by atomic mass is 19.4. The molecule has 0 aliphatic rings. The van der Waals surface area contributed by atoms with Gasteiger partial charge in [0.15, 0.2) is 0 Å². The van der Waals surface area contributed by atoms with Gasteiger partial charge >= 0.3 is 12.3 Å². The summed E-state index contributed by atoms with van der Waals surface area (Å²) in [6.45, 7) is -1.62. The highest BCUT2D eigenvalue weighted by Crippen LogP contribution is 2.11. The molecule has 9 heavy (non-hydrogen) atoms. The number of carbonyl (C=O) groups excluding carboxylic acids is 1. The molecule has 0 aliphatic carbocycles. The van der Waals surface area contributed by atoms with Gasteiger partial charge in [-0.3, -0.25) is 0 Å². The summed E-state index contributed by atoms with van der Waals surface area (Å²) >= 11 is 0. The van der Waals surface area contributed by atoms with Crippen molar-refractivity contribution in [3.63, 3.8) is 0 Å². The Bertz CT molecular complexity index is 109. The van der Waals surface area contributed by atoms with Gasteiger partial charge in [0.1, 0.15) is 6.54 Å². The summed E-state index contributed by atoms with van der Waals surface area (Å²) in [5.74, 6) is 0. The van der Waals surface area contributed by atoms with Crippen molar-refractivity contribution in [2.24, 2.45) is 0 Å². The lowest BCUT2D eigenvalue weighted by Gasteiger charge is -2.03. The zero-order chi connectivity index (χ0) is 7.49. The SMILES string of the molecule is O=C(F)NCC(F)(F)F. The van der Waals surface area contributed by atoms with E-state index in [0.29, 0.717) is 0 Å². The van der Waals surface area contributed by atoms with Crippen molar-refractivity contribution in [2.75, 3.05) is 6.54 Å². The zero-order valence-corrected chi connectivity index (χ0v) is 4.13. The Morgan fingerprint density at radius 3 is 2.00 bits per heavy atom. The number of rotatable bonds is 1. The molecule has 0 atom stereocenters. The number of carbonyl (C=O) groups is 1. The van der Waals surface area contributed by atoms with Crippen LogP contribution in [0, 0.1) is 0 Å². The summed E-state index contributed by atoms with van der Waals surface area (Å²) in [4.78, 5) is 9.21. The molecule has 0 bridgehead atoms. The van der Waals surface area contributed by atoms with Crippen LogP contribution in [0.4, 0.5) is 22.4 Å². The average molecular weight is 145 g/mol. The predicted octanol–water partition coefficient (Wildman–Crippen LogP) is 1.23. The predicted molar refractivity (Wildman–Crippen MR) is 20.6 cm³/mol. The Kier molecular flexibility index (Phi) is 2.41. The van der Waals surface area contributed by atoms with Gasteiger partial charge in [-0.25, -0.2) is 4.79 Å². The zero-order valence-electron chi connectivity index (χ0n) is 4.13. The maximum absolute atomic E-state index is 11.0. The smallest absolute Gasteiger partial charge is 0.319 e. The van der Waals surface area contributed by atoms with Crippen molar-refractivity contribution >= 4 is 6.16 Å². The Balaban J connectivity index is 3.39. The van der Waals surface area contributed by atoms with Gasteiger partial charge in [0.25, 0.3) is 0 Å². The quantitative estimate of drug-likeness (QED) is 0.335. The number of amides is 1. The molecule has 0 saturated heterocycles. The molecule has 1 amide bonds. The molecule has 0 spiro atoms. The normalized spacial score (nSPS) is 11.1. The maximum atomic E-state index is 11.0. The van der Waals surface area contributed by atoms with Crippen LogP contribution in [0.1, 0.15) is 0 Å². The van der Waals surface area contributed by atoms with E-state index in [9.17, 15) is 22.4 Å². The van der Waals surface area contributed by atoms with E-state index in [1.807, 2.05) is 0 Å². The minimum Gasteiger partial charge on any atom is -0.319 e. The van der Waals surface area contributed by atoms with Gasteiger partial charge in [0.2, 0.25) is 0 Å². The lowest BCUT2D eigenvalue weighted by atomic mass is 10.6. The van der Waals surface area contributed by atoms with Gasteiger partial charge in [-0.2, -0.15) is 13.2 Å². The van der Waals surface area contributed by atoms with Crippen molar-refractivity contribution in [3.05, 3.63) is 0 Å². The molecule has 6 heteroatoms. The van der Waals surface area contributed by atoms with Crippen LogP contribution in [-0.4, -0.2) is 18.9 Å². The topological polar surface area (TPSA) is 29.1 Å². The highest BCUT2D eigenvalue weighted by Gasteiger charge is 2.27. The third-order valence-electron chi connectivity index (χ3n) is 0.428. The minimum absolute atomic E-state index is 0.955. The maximum Gasteiger partial charge on any atom is 0.405 e. The molecule has 0 radical (unpaired) electrons. The van der Waals surface area contributed by atoms with Crippen LogP contribution in [0.15, 0.2) is 0 Å². The molecule has 1 N–H and O–H groups in total. The first-order chi connectivity index (χ1) is 3.92. The molecule has 0 aliphatic heterocycles. The second kappa shape index (κ2) is 2.65.